The summed E-state index contributed by atoms with van der Waals surface area (Å²) in [5.74, 6) is 1.97. The minimum atomic E-state index is -0.0168. The highest BCUT2D eigenvalue weighted by Gasteiger charge is 2.16. The summed E-state index contributed by atoms with van der Waals surface area (Å²) in [6.45, 7) is 4.92. The first kappa shape index (κ1) is 21.5. The average molecular weight is 437 g/mol. The molecule has 1 aliphatic rings. The van der Waals surface area contributed by atoms with Crippen LogP contribution >= 0.6 is 11.8 Å². The quantitative estimate of drug-likeness (QED) is 0.456. The number of hydrogen-bond donors (Lipinski definition) is 1. The van der Waals surface area contributed by atoms with E-state index in [4.69, 9.17) is 0 Å². The molecule has 4 rings (SSSR count). The Bertz CT molecular complexity index is 1050. The molecule has 7 nitrogen and oxygen atoms in total. The van der Waals surface area contributed by atoms with Crippen LogP contribution in [0.5, 0.6) is 0 Å². The number of nitrogens with zero attached hydrogens (tertiary/aromatic N) is 5. The van der Waals surface area contributed by atoms with Crippen LogP contribution < -0.4 is 5.32 Å². The molecular weight excluding hydrogens is 408 g/mol. The lowest BCUT2D eigenvalue weighted by atomic mass is 10.1. The molecule has 8 heteroatoms. The van der Waals surface area contributed by atoms with E-state index < -0.39 is 0 Å². The zero-order valence-corrected chi connectivity index (χ0v) is 19.1. The second-order valence-electron chi connectivity index (χ2n) is 7.89. The van der Waals surface area contributed by atoms with Gasteiger partial charge in [-0.05, 0) is 69.2 Å². The SMILES string of the molecule is CSc1nc(C)c(CCC(=O)Nc2ccc(-c3nnc4n3CCCCC4)cc2)c(C)n1. The van der Waals surface area contributed by atoms with Crippen molar-refractivity contribution in [1.29, 1.82) is 0 Å². The molecule has 0 radical (unpaired) electrons. The fourth-order valence-electron chi connectivity index (χ4n) is 4.03. The molecule has 3 heterocycles. The molecule has 162 valence electrons. The van der Waals surface area contributed by atoms with Gasteiger partial charge < -0.3 is 9.88 Å². The Balaban J connectivity index is 1.39. The van der Waals surface area contributed by atoms with Crippen molar-refractivity contribution in [2.45, 2.75) is 64.1 Å². The Hall–Kier alpha value is -2.74. The number of carbonyl (C=O) groups excluding carboxylic acids is 1. The summed E-state index contributed by atoms with van der Waals surface area (Å²) in [5.41, 5.74) is 4.75. The Morgan fingerprint density at radius 2 is 1.81 bits per heavy atom. The van der Waals surface area contributed by atoms with Crippen molar-refractivity contribution in [2.24, 2.45) is 0 Å². The van der Waals surface area contributed by atoms with E-state index in [1.807, 2.05) is 44.4 Å². The molecule has 1 aliphatic heterocycles. The first-order valence-corrected chi connectivity index (χ1v) is 12.0. The van der Waals surface area contributed by atoms with Crippen LogP contribution in [0, 0.1) is 13.8 Å². The molecule has 0 saturated carbocycles. The van der Waals surface area contributed by atoms with Crippen LogP contribution in [0.25, 0.3) is 11.4 Å². The van der Waals surface area contributed by atoms with Crippen molar-refractivity contribution < 1.29 is 4.79 Å². The third-order valence-electron chi connectivity index (χ3n) is 5.72. The molecule has 2 aromatic heterocycles. The Kier molecular flexibility index (Phi) is 6.65. The molecule has 31 heavy (non-hydrogen) atoms. The molecule has 0 bridgehead atoms. The van der Waals surface area contributed by atoms with E-state index >= 15 is 0 Å². The van der Waals surface area contributed by atoms with E-state index in [1.165, 1.54) is 24.6 Å². The number of rotatable bonds is 6. The Morgan fingerprint density at radius 3 is 2.52 bits per heavy atom. The molecule has 0 saturated heterocycles. The molecule has 1 aromatic carbocycles. The molecule has 0 fully saturated rings. The lowest BCUT2D eigenvalue weighted by Crippen LogP contribution is -2.13. The van der Waals surface area contributed by atoms with Crippen LogP contribution in [0.1, 0.15) is 48.5 Å². The number of anilines is 1. The summed E-state index contributed by atoms with van der Waals surface area (Å²) in [6.07, 6.45) is 7.55. The van der Waals surface area contributed by atoms with Crippen LogP contribution in [0.15, 0.2) is 29.4 Å². The number of carbonyl (C=O) groups is 1. The fourth-order valence-corrected chi connectivity index (χ4v) is 4.48. The topological polar surface area (TPSA) is 85.6 Å². The van der Waals surface area contributed by atoms with Crippen LogP contribution in [-0.4, -0.2) is 36.9 Å². The zero-order chi connectivity index (χ0) is 21.8. The zero-order valence-electron chi connectivity index (χ0n) is 18.3. The summed E-state index contributed by atoms with van der Waals surface area (Å²) in [4.78, 5) is 21.5. The van der Waals surface area contributed by atoms with Gasteiger partial charge in [-0.25, -0.2) is 9.97 Å². The van der Waals surface area contributed by atoms with Crippen LogP contribution in [0.4, 0.5) is 5.69 Å². The number of nitrogens with one attached hydrogen (secondary N) is 1. The number of fused-ring (bicyclic) bond motifs is 1. The summed E-state index contributed by atoms with van der Waals surface area (Å²) in [7, 11) is 0. The second-order valence-corrected chi connectivity index (χ2v) is 8.66. The lowest BCUT2D eigenvalue weighted by Gasteiger charge is -2.11. The highest BCUT2D eigenvalue weighted by Crippen LogP contribution is 2.24. The number of aromatic nitrogens is 5. The lowest BCUT2D eigenvalue weighted by molar-refractivity contribution is -0.116. The molecule has 1 N–H and O–H groups in total. The van der Waals surface area contributed by atoms with Crippen LogP contribution in [0.3, 0.4) is 0 Å². The Labute approximate surface area is 187 Å². The van der Waals surface area contributed by atoms with E-state index in [1.54, 1.807) is 0 Å². The summed E-state index contributed by atoms with van der Waals surface area (Å²) in [5, 5.41) is 12.5. The number of amides is 1. The smallest absolute Gasteiger partial charge is 0.224 e. The molecule has 0 atom stereocenters. The van der Waals surface area contributed by atoms with Crippen molar-refractivity contribution in [1.82, 2.24) is 24.7 Å². The van der Waals surface area contributed by atoms with Crippen LogP contribution in [-0.2, 0) is 24.2 Å². The normalized spacial score (nSPS) is 13.5. The number of hydrogen-bond acceptors (Lipinski definition) is 6. The average Bonchev–Trinajstić information content (AvgIpc) is 3.01. The van der Waals surface area contributed by atoms with Gasteiger partial charge in [0.2, 0.25) is 5.91 Å². The summed E-state index contributed by atoms with van der Waals surface area (Å²) in [6, 6.07) is 7.86. The minimum Gasteiger partial charge on any atom is -0.326 e. The van der Waals surface area contributed by atoms with E-state index in [-0.39, 0.29) is 5.91 Å². The minimum absolute atomic E-state index is 0.0168. The van der Waals surface area contributed by atoms with Gasteiger partial charge in [0.25, 0.3) is 0 Å². The van der Waals surface area contributed by atoms with Gasteiger partial charge in [-0.2, -0.15) is 0 Å². The fraction of sp³-hybridized carbons (Fsp3) is 0.435. The number of aryl methyl sites for hydroxylation is 3. The van der Waals surface area contributed by atoms with Gasteiger partial charge in [-0.1, -0.05) is 18.2 Å². The monoisotopic (exact) mass is 436 g/mol. The first-order chi connectivity index (χ1) is 15.0. The number of benzene rings is 1. The standard InChI is InChI=1S/C23H28N6OS/c1-15-19(16(2)25-23(24-15)31-3)12-13-21(30)26-18-10-8-17(9-11-18)22-28-27-20-7-5-4-6-14-29(20)22/h8-11H,4-7,12-14H2,1-3H3,(H,26,30). The first-order valence-electron chi connectivity index (χ1n) is 10.8. The molecule has 1 amide bonds. The largest absolute Gasteiger partial charge is 0.326 e. The maximum absolute atomic E-state index is 12.5. The molecule has 0 spiro atoms. The van der Waals surface area contributed by atoms with Crippen molar-refractivity contribution in [3.8, 4) is 11.4 Å². The Morgan fingerprint density at radius 1 is 1.06 bits per heavy atom. The van der Waals surface area contributed by atoms with E-state index in [0.717, 1.165) is 64.4 Å². The van der Waals surface area contributed by atoms with Crippen molar-refractivity contribution in [3.63, 3.8) is 0 Å². The maximum Gasteiger partial charge on any atom is 0.224 e. The predicted octanol–water partition coefficient (Wildman–Crippen LogP) is 4.37. The highest BCUT2D eigenvalue weighted by molar-refractivity contribution is 7.98. The van der Waals surface area contributed by atoms with Crippen molar-refractivity contribution >= 4 is 23.4 Å². The third kappa shape index (κ3) is 4.95. The van der Waals surface area contributed by atoms with Gasteiger partial charge in [-0.3, -0.25) is 4.79 Å². The van der Waals surface area contributed by atoms with Gasteiger partial charge in [-0.15, -0.1) is 10.2 Å². The summed E-state index contributed by atoms with van der Waals surface area (Å²) >= 11 is 1.53. The third-order valence-corrected chi connectivity index (χ3v) is 6.27. The molecule has 3 aromatic rings. The van der Waals surface area contributed by atoms with E-state index in [0.29, 0.717) is 12.8 Å². The van der Waals surface area contributed by atoms with Crippen molar-refractivity contribution in [2.75, 3.05) is 11.6 Å². The van der Waals surface area contributed by atoms with Gasteiger partial charge in [0, 0.05) is 42.0 Å². The van der Waals surface area contributed by atoms with Gasteiger partial charge in [0.15, 0.2) is 11.0 Å². The molecule has 0 aliphatic carbocycles. The van der Waals surface area contributed by atoms with Gasteiger partial charge in [0.05, 0.1) is 0 Å². The van der Waals surface area contributed by atoms with E-state index in [9.17, 15) is 4.79 Å². The maximum atomic E-state index is 12.5. The highest BCUT2D eigenvalue weighted by atomic mass is 32.2. The second kappa shape index (κ2) is 9.60. The van der Waals surface area contributed by atoms with E-state index in [2.05, 4.69) is 30.0 Å². The van der Waals surface area contributed by atoms with Gasteiger partial charge in [0.1, 0.15) is 5.82 Å². The molecule has 0 unspecified atom stereocenters. The molecular formula is C23H28N6OS. The van der Waals surface area contributed by atoms with Gasteiger partial charge >= 0.3 is 0 Å². The van der Waals surface area contributed by atoms with Crippen molar-refractivity contribution in [3.05, 3.63) is 47.0 Å². The summed E-state index contributed by atoms with van der Waals surface area (Å²) < 4.78 is 2.23. The predicted molar refractivity (Wildman–Crippen MR) is 123 cm³/mol. The number of thioether (sulfide) groups is 1. The van der Waals surface area contributed by atoms with Crippen LogP contribution in [0.2, 0.25) is 0 Å².